The standard InChI is InChI=1S/C78H50ClN3/c79-78-76(81-72-41-21-15-35-64(72)60-31-11-7-27-56(60)58-29-9-13-33-62(58)68-47-53(43-45-74(68)81)51-23-3-1-4-24-51)49-55(80-70-39-19-17-37-66(70)67-38-18-20-40-71(67)80)50-77(78)82-73-42-22-16-36-65(73)61-32-12-8-28-57(61)59-30-10-14-34-63(59)69-48-54(44-46-75(69)82)52-25-5-2-6-26-52/h1-50H. The van der Waals surface area contributed by atoms with Crippen molar-refractivity contribution in [2.45, 2.75) is 0 Å². The molecule has 0 aliphatic carbocycles. The van der Waals surface area contributed by atoms with Gasteiger partial charge in [0, 0.05) is 32.3 Å². The molecule has 384 valence electrons. The lowest BCUT2D eigenvalue weighted by molar-refractivity contribution is 1.09. The van der Waals surface area contributed by atoms with E-state index in [4.69, 9.17) is 11.6 Å². The molecule has 0 amide bonds. The van der Waals surface area contributed by atoms with E-state index in [0.717, 1.165) is 137 Å². The zero-order chi connectivity index (χ0) is 54.3. The minimum Gasteiger partial charge on any atom is -0.309 e. The lowest BCUT2D eigenvalue weighted by Crippen LogP contribution is -2.07. The first kappa shape index (κ1) is 47.5. The second-order valence-electron chi connectivity index (χ2n) is 21.3. The number of halogens is 1. The summed E-state index contributed by atoms with van der Waals surface area (Å²) in [5, 5.41) is 16.5. The summed E-state index contributed by atoms with van der Waals surface area (Å²) in [4.78, 5) is 0. The van der Waals surface area contributed by atoms with Crippen molar-refractivity contribution in [3.05, 3.63) is 308 Å². The molecule has 0 unspecified atom stereocenters. The highest BCUT2D eigenvalue weighted by atomic mass is 35.5. The Morgan fingerprint density at radius 1 is 0.183 bits per heavy atom. The molecule has 0 atom stereocenters. The molecule has 13 aromatic carbocycles. The van der Waals surface area contributed by atoms with Gasteiger partial charge in [0.05, 0.1) is 55.2 Å². The SMILES string of the molecule is Clc1c(-n2c3ccccc3c3ccccc3c3ccccc3c3cc(-c4ccccc4)ccc32)cc(-n2c3ccccc3c3ccccc32)cc1-n1c2ccccc2c2ccccc2c2ccccc2c2cc(-c3ccccc3)ccc21. The van der Waals surface area contributed by atoms with Crippen LogP contribution >= 0.6 is 11.6 Å². The molecule has 16 rings (SSSR count). The first-order valence-corrected chi connectivity index (χ1v) is 28.4. The number of hydrogen-bond acceptors (Lipinski definition) is 0. The molecule has 0 N–H and O–H groups in total. The Bertz CT molecular complexity index is 5080. The van der Waals surface area contributed by atoms with E-state index in [1.165, 1.54) is 10.8 Å². The van der Waals surface area contributed by atoms with Crippen LogP contribution in [0.2, 0.25) is 5.02 Å². The highest BCUT2D eigenvalue weighted by Crippen LogP contribution is 2.44. The summed E-state index contributed by atoms with van der Waals surface area (Å²) < 4.78 is 7.34. The van der Waals surface area contributed by atoms with Crippen molar-refractivity contribution < 1.29 is 0 Å². The van der Waals surface area contributed by atoms with Gasteiger partial charge in [0.2, 0.25) is 0 Å². The molecule has 3 aromatic heterocycles. The molecular weight excluding hydrogens is 1010 g/mol. The smallest absolute Gasteiger partial charge is 0.0888 e. The van der Waals surface area contributed by atoms with Crippen molar-refractivity contribution in [2.24, 2.45) is 0 Å². The van der Waals surface area contributed by atoms with Gasteiger partial charge in [-0.3, -0.25) is 0 Å². The van der Waals surface area contributed by atoms with E-state index in [0.29, 0.717) is 5.02 Å². The van der Waals surface area contributed by atoms with Crippen LogP contribution in [-0.2, 0) is 0 Å². The van der Waals surface area contributed by atoms with E-state index in [1.54, 1.807) is 0 Å². The fourth-order valence-electron chi connectivity index (χ4n) is 13.1. The Labute approximate surface area is 478 Å². The van der Waals surface area contributed by atoms with Gasteiger partial charge in [0.15, 0.2) is 0 Å². The quantitative estimate of drug-likeness (QED) is 0.163. The van der Waals surface area contributed by atoms with Crippen LogP contribution in [0.25, 0.3) is 148 Å². The molecule has 82 heavy (non-hydrogen) atoms. The average Bonchev–Trinajstić information content (AvgIpc) is 4.11. The van der Waals surface area contributed by atoms with Gasteiger partial charge in [-0.2, -0.15) is 0 Å². The zero-order valence-electron chi connectivity index (χ0n) is 44.6. The third kappa shape index (κ3) is 7.59. The van der Waals surface area contributed by atoms with Crippen LogP contribution in [0.3, 0.4) is 0 Å². The number of aromatic nitrogens is 3. The van der Waals surface area contributed by atoms with Gasteiger partial charge in [-0.1, -0.05) is 254 Å². The molecule has 16 aromatic rings. The minimum absolute atomic E-state index is 0.590. The maximum Gasteiger partial charge on any atom is 0.0888 e. The number of fused-ring (bicyclic) bond motifs is 17. The largest absolute Gasteiger partial charge is 0.309 e. The first-order chi connectivity index (χ1) is 40.6. The third-order valence-corrected chi connectivity index (χ3v) is 17.2. The molecule has 3 heterocycles. The lowest BCUT2D eigenvalue weighted by atomic mass is 9.99. The van der Waals surface area contributed by atoms with Crippen molar-refractivity contribution in [3.63, 3.8) is 0 Å². The van der Waals surface area contributed by atoms with Gasteiger partial charge < -0.3 is 13.7 Å². The minimum atomic E-state index is 0.590. The number of benzene rings is 13. The molecule has 0 bridgehead atoms. The molecule has 0 radical (unpaired) electrons. The maximum absolute atomic E-state index is 8.74. The molecule has 4 heteroatoms. The Hall–Kier alpha value is -10.5. The van der Waals surface area contributed by atoms with Crippen molar-refractivity contribution in [3.8, 4) is 39.3 Å². The molecule has 0 spiro atoms. The molecule has 0 saturated heterocycles. The highest BCUT2D eigenvalue weighted by Gasteiger charge is 2.23. The van der Waals surface area contributed by atoms with Crippen LogP contribution in [-0.4, -0.2) is 13.7 Å². The maximum atomic E-state index is 8.74. The number of nitrogens with zero attached hydrogens (tertiary/aromatic N) is 3. The normalized spacial score (nSPS) is 11.7. The van der Waals surface area contributed by atoms with Gasteiger partial charge >= 0.3 is 0 Å². The summed E-state index contributed by atoms with van der Waals surface area (Å²) in [7, 11) is 0. The molecular formula is C78H50ClN3. The molecule has 0 saturated carbocycles. The number of para-hydroxylation sites is 4. The van der Waals surface area contributed by atoms with Crippen LogP contribution in [0.1, 0.15) is 0 Å². The van der Waals surface area contributed by atoms with E-state index in [-0.39, 0.29) is 0 Å². The van der Waals surface area contributed by atoms with Crippen molar-refractivity contribution in [1.82, 2.24) is 13.7 Å². The Morgan fingerprint density at radius 3 is 0.768 bits per heavy atom. The summed E-state index contributed by atoms with van der Waals surface area (Å²) in [5.74, 6) is 0. The average molecular weight is 1060 g/mol. The van der Waals surface area contributed by atoms with Gasteiger partial charge in [-0.25, -0.2) is 0 Å². The van der Waals surface area contributed by atoms with E-state index < -0.39 is 0 Å². The van der Waals surface area contributed by atoms with Crippen molar-refractivity contribution in [1.29, 1.82) is 0 Å². The highest BCUT2D eigenvalue weighted by molar-refractivity contribution is 6.35. The third-order valence-electron chi connectivity index (χ3n) is 16.8. The van der Waals surface area contributed by atoms with E-state index in [2.05, 4.69) is 317 Å². The summed E-state index contributed by atoms with van der Waals surface area (Å²) in [6.45, 7) is 0. The van der Waals surface area contributed by atoms with E-state index in [9.17, 15) is 0 Å². The van der Waals surface area contributed by atoms with Crippen LogP contribution in [0.15, 0.2) is 303 Å². The van der Waals surface area contributed by atoms with E-state index >= 15 is 0 Å². The predicted molar refractivity (Wildman–Crippen MR) is 351 cm³/mol. The second kappa shape index (κ2) is 19.4. The zero-order valence-corrected chi connectivity index (χ0v) is 45.3. The monoisotopic (exact) mass is 1060 g/mol. The molecule has 0 aliphatic heterocycles. The van der Waals surface area contributed by atoms with Gasteiger partial charge in [-0.05, 0) is 126 Å². The topological polar surface area (TPSA) is 14.8 Å². The van der Waals surface area contributed by atoms with Crippen LogP contribution in [0, 0.1) is 0 Å². The Kier molecular flexibility index (Phi) is 11.3. The summed E-state index contributed by atoms with van der Waals surface area (Å²) in [6, 6.07) is 111. The van der Waals surface area contributed by atoms with Crippen LogP contribution in [0.5, 0.6) is 0 Å². The molecule has 0 fully saturated rings. The Morgan fingerprint density at radius 2 is 0.427 bits per heavy atom. The van der Waals surface area contributed by atoms with Gasteiger partial charge in [0.25, 0.3) is 0 Å². The van der Waals surface area contributed by atoms with Crippen LogP contribution < -0.4 is 0 Å². The summed E-state index contributed by atoms with van der Waals surface area (Å²) >= 11 is 8.74. The lowest BCUT2D eigenvalue weighted by Gasteiger charge is -2.22. The molecule has 3 nitrogen and oxygen atoms in total. The van der Waals surface area contributed by atoms with Crippen molar-refractivity contribution in [2.75, 3.05) is 0 Å². The fraction of sp³-hybridized carbons (Fsp3) is 0. The van der Waals surface area contributed by atoms with Gasteiger partial charge in [-0.15, -0.1) is 0 Å². The van der Waals surface area contributed by atoms with Gasteiger partial charge in [0.1, 0.15) is 0 Å². The Balaban J connectivity index is 1.18. The fourth-order valence-corrected chi connectivity index (χ4v) is 13.4. The second-order valence-corrected chi connectivity index (χ2v) is 21.6. The van der Waals surface area contributed by atoms with Crippen molar-refractivity contribution >= 4 is 120 Å². The number of rotatable bonds is 5. The predicted octanol–water partition coefficient (Wildman–Crippen LogP) is 21.8. The molecule has 0 aliphatic rings. The van der Waals surface area contributed by atoms with E-state index in [1.807, 2.05) is 0 Å². The summed E-state index contributed by atoms with van der Waals surface area (Å²) in [6.07, 6.45) is 0. The summed E-state index contributed by atoms with van der Waals surface area (Å²) in [5.41, 5.74) is 13.4. The first-order valence-electron chi connectivity index (χ1n) is 28.0. The number of hydrogen-bond donors (Lipinski definition) is 0. The van der Waals surface area contributed by atoms with Crippen LogP contribution in [0.4, 0.5) is 0 Å².